The summed E-state index contributed by atoms with van der Waals surface area (Å²) in [6.07, 6.45) is -4.40. The van der Waals surface area contributed by atoms with Crippen molar-refractivity contribution >= 4 is 11.6 Å². The Morgan fingerprint density at radius 2 is 2.00 bits per heavy atom. The van der Waals surface area contributed by atoms with Crippen LogP contribution in [0.1, 0.15) is 5.56 Å². The molecule has 1 amide bonds. The quantitative estimate of drug-likeness (QED) is 0.850. The van der Waals surface area contributed by atoms with Gasteiger partial charge in [-0.3, -0.25) is 9.69 Å². The van der Waals surface area contributed by atoms with Crippen molar-refractivity contribution in [2.75, 3.05) is 37.6 Å². The maximum Gasteiger partial charge on any atom is 0.416 e. The van der Waals surface area contributed by atoms with Crippen molar-refractivity contribution in [1.82, 2.24) is 10.2 Å². The van der Waals surface area contributed by atoms with Crippen LogP contribution in [0.25, 0.3) is 0 Å². The summed E-state index contributed by atoms with van der Waals surface area (Å²) in [7, 11) is 0. The molecule has 0 aliphatic carbocycles. The number of nitrogens with zero attached hydrogens (tertiary/aromatic N) is 2. The normalized spacial score (nSPS) is 24.0. The summed E-state index contributed by atoms with van der Waals surface area (Å²) in [6.45, 7) is 3.31. The van der Waals surface area contributed by atoms with Gasteiger partial charge in [-0.2, -0.15) is 13.2 Å². The number of alkyl halides is 3. The second kappa shape index (κ2) is 5.31. The van der Waals surface area contributed by atoms with Gasteiger partial charge in [0.1, 0.15) is 6.04 Å². The third-order valence-corrected chi connectivity index (χ3v) is 4.00. The van der Waals surface area contributed by atoms with Crippen LogP contribution in [-0.2, 0) is 11.0 Å². The summed E-state index contributed by atoms with van der Waals surface area (Å²) in [4.78, 5) is 16.0. The first kappa shape index (κ1) is 14.3. The van der Waals surface area contributed by atoms with Crippen molar-refractivity contribution in [2.24, 2.45) is 0 Å². The minimum atomic E-state index is -4.40. The highest BCUT2D eigenvalue weighted by Gasteiger charge is 2.37. The Labute approximate surface area is 120 Å². The summed E-state index contributed by atoms with van der Waals surface area (Å²) < 4.78 is 38.3. The van der Waals surface area contributed by atoms with E-state index in [1.165, 1.54) is 11.0 Å². The van der Waals surface area contributed by atoms with Gasteiger partial charge in [0.2, 0.25) is 5.91 Å². The Balaban J connectivity index is 1.85. The third-order valence-electron chi connectivity index (χ3n) is 4.00. The number of halogens is 3. The Bertz CT molecular complexity index is 547. The van der Waals surface area contributed by atoms with E-state index in [1.807, 2.05) is 0 Å². The molecular weight excluding hydrogens is 283 g/mol. The molecule has 2 aliphatic rings. The fourth-order valence-electron chi connectivity index (χ4n) is 2.88. The molecule has 114 valence electrons. The lowest BCUT2D eigenvalue weighted by Gasteiger charge is -2.43. The zero-order valence-corrected chi connectivity index (χ0v) is 11.4. The highest BCUT2D eigenvalue weighted by Crippen LogP contribution is 2.32. The highest BCUT2D eigenvalue weighted by atomic mass is 19.4. The summed E-state index contributed by atoms with van der Waals surface area (Å²) in [5.41, 5.74) is -0.406. The number of fused-ring (bicyclic) bond motifs is 1. The molecular formula is C14H16F3N3O. The lowest BCUT2D eigenvalue weighted by atomic mass is 10.1. The van der Waals surface area contributed by atoms with Crippen molar-refractivity contribution in [3.05, 3.63) is 29.8 Å². The van der Waals surface area contributed by atoms with E-state index in [0.29, 0.717) is 25.3 Å². The number of hydrogen-bond acceptors (Lipinski definition) is 3. The third kappa shape index (κ3) is 2.75. The molecule has 0 unspecified atom stereocenters. The average molecular weight is 299 g/mol. The van der Waals surface area contributed by atoms with Gasteiger partial charge >= 0.3 is 6.18 Å². The van der Waals surface area contributed by atoms with E-state index < -0.39 is 11.7 Å². The van der Waals surface area contributed by atoms with Crippen LogP contribution in [0.3, 0.4) is 0 Å². The van der Waals surface area contributed by atoms with Crippen LogP contribution in [0.2, 0.25) is 0 Å². The van der Waals surface area contributed by atoms with Gasteiger partial charge in [-0.15, -0.1) is 0 Å². The predicted octanol–water partition coefficient (Wildman–Crippen LogP) is 1.33. The molecule has 2 heterocycles. The standard InChI is InChI=1S/C14H16F3N3O/c15-14(16,17)10-2-1-3-11(8-10)20-7-6-19-5-4-18-9-12(19)13(20)21/h1-3,8,12,18H,4-7,9H2/t12-/m1/s1. The van der Waals surface area contributed by atoms with E-state index in [1.54, 1.807) is 6.07 Å². The maximum absolute atomic E-state index is 12.8. The van der Waals surface area contributed by atoms with E-state index in [2.05, 4.69) is 10.2 Å². The second-order valence-corrected chi connectivity index (χ2v) is 5.29. The van der Waals surface area contributed by atoms with Crippen molar-refractivity contribution < 1.29 is 18.0 Å². The molecule has 0 saturated carbocycles. The Morgan fingerprint density at radius 3 is 2.76 bits per heavy atom. The van der Waals surface area contributed by atoms with Crippen LogP contribution >= 0.6 is 0 Å². The van der Waals surface area contributed by atoms with Crippen molar-refractivity contribution in [3.8, 4) is 0 Å². The minimum absolute atomic E-state index is 0.132. The first-order chi connectivity index (χ1) is 9.97. The molecule has 2 aliphatic heterocycles. The molecule has 0 spiro atoms. The fourth-order valence-corrected chi connectivity index (χ4v) is 2.88. The smallest absolute Gasteiger partial charge is 0.313 e. The zero-order valence-electron chi connectivity index (χ0n) is 11.4. The molecule has 4 nitrogen and oxygen atoms in total. The number of carbonyl (C=O) groups excluding carboxylic acids is 1. The van der Waals surface area contributed by atoms with Gasteiger partial charge < -0.3 is 10.2 Å². The van der Waals surface area contributed by atoms with E-state index in [9.17, 15) is 18.0 Å². The number of amides is 1. The summed E-state index contributed by atoms with van der Waals surface area (Å²) in [5, 5.41) is 3.15. The maximum atomic E-state index is 12.8. The number of anilines is 1. The summed E-state index contributed by atoms with van der Waals surface area (Å²) >= 11 is 0. The van der Waals surface area contributed by atoms with Crippen LogP contribution in [0.4, 0.5) is 18.9 Å². The molecule has 0 radical (unpaired) electrons. The average Bonchev–Trinajstić information content (AvgIpc) is 2.47. The molecule has 2 fully saturated rings. The van der Waals surface area contributed by atoms with Gasteiger partial charge in [-0.05, 0) is 18.2 Å². The van der Waals surface area contributed by atoms with Gasteiger partial charge in [-0.25, -0.2) is 0 Å². The molecule has 7 heteroatoms. The monoisotopic (exact) mass is 299 g/mol. The molecule has 1 N–H and O–H groups in total. The first-order valence-corrected chi connectivity index (χ1v) is 6.90. The number of nitrogens with one attached hydrogen (secondary N) is 1. The number of benzene rings is 1. The fraction of sp³-hybridized carbons (Fsp3) is 0.500. The van der Waals surface area contributed by atoms with Gasteiger partial charge in [0, 0.05) is 38.4 Å². The van der Waals surface area contributed by atoms with Crippen molar-refractivity contribution in [3.63, 3.8) is 0 Å². The Kier molecular flexibility index (Phi) is 3.62. The predicted molar refractivity (Wildman–Crippen MR) is 72.0 cm³/mol. The van der Waals surface area contributed by atoms with Gasteiger partial charge in [0.25, 0.3) is 0 Å². The van der Waals surface area contributed by atoms with Crippen LogP contribution in [-0.4, -0.2) is 49.6 Å². The van der Waals surface area contributed by atoms with Crippen molar-refractivity contribution in [2.45, 2.75) is 12.2 Å². The van der Waals surface area contributed by atoms with Crippen LogP contribution in [0.5, 0.6) is 0 Å². The Hall–Kier alpha value is -1.60. The van der Waals surface area contributed by atoms with Crippen LogP contribution in [0.15, 0.2) is 24.3 Å². The molecule has 1 aromatic rings. The first-order valence-electron chi connectivity index (χ1n) is 6.90. The molecule has 21 heavy (non-hydrogen) atoms. The molecule has 1 atom stereocenters. The molecule has 0 bridgehead atoms. The van der Waals surface area contributed by atoms with Crippen molar-refractivity contribution in [1.29, 1.82) is 0 Å². The molecule has 0 aromatic heterocycles. The molecule has 2 saturated heterocycles. The number of piperazine rings is 2. The SMILES string of the molecule is O=C1[C@H]2CNCCN2CCN1c1cccc(C(F)(F)F)c1. The van der Waals surface area contributed by atoms with E-state index >= 15 is 0 Å². The lowest BCUT2D eigenvalue weighted by Crippen LogP contribution is -2.64. The Morgan fingerprint density at radius 1 is 1.19 bits per heavy atom. The van der Waals surface area contributed by atoms with Gasteiger partial charge in [0.05, 0.1) is 5.56 Å². The van der Waals surface area contributed by atoms with E-state index in [-0.39, 0.29) is 11.9 Å². The van der Waals surface area contributed by atoms with E-state index in [4.69, 9.17) is 0 Å². The minimum Gasteiger partial charge on any atom is -0.313 e. The highest BCUT2D eigenvalue weighted by molar-refractivity contribution is 5.98. The number of hydrogen-bond donors (Lipinski definition) is 1. The lowest BCUT2D eigenvalue weighted by molar-refractivity contribution is -0.137. The summed E-state index contributed by atoms with van der Waals surface area (Å²) in [5.74, 6) is -0.132. The number of carbonyl (C=O) groups is 1. The largest absolute Gasteiger partial charge is 0.416 e. The van der Waals surface area contributed by atoms with Gasteiger partial charge in [0.15, 0.2) is 0 Å². The van der Waals surface area contributed by atoms with Gasteiger partial charge in [-0.1, -0.05) is 6.07 Å². The van der Waals surface area contributed by atoms with E-state index in [0.717, 1.165) is 25.2 Å². The van der Waals surface area contributed by atoms with Crippen LogP contribution in [0, 0.1) is 0 Å². The van der Waals surface area contributed by atoms with Crippen LogP contribution < -0.4 is 10.2 Å². The zero-order chi connectivity index (χ0) is 15.0. The number of rotatable bonds is 1. The molecule has 1 aromatic carbocycles. The summed E-state index contributed by atoms with van der Waals surface area (Å²) in [6, 6.07) is 4.69. The second-order valence-electron chi connectivity index (χ2n) is 5.29. The topological polar surface area (TPSA) is 35.6 Å². The molecule has 3 rings (SSSR count).